The fourth-order valence-electron chi connectivity index (χ4n) is 3.56. The zero-order chi connectivity index (χ0) is 22.2. The van der Waals surface area contributed by atoms with E-state index in [1.165, 1.54) is 0 Å². The Morgan fingerprint density at radius 1 is 0.938 bits per heavy atom. The molecule has 0 aromatic heterocycles. The maximum atomic E-state index is 12.9. The summed E-state index contributed by atoms with van der Waals surface area (Å²) in [5, 5.41) is 5.75. The summed E-state index contributed by atoms with van der Waals surface area (Å²) in [4.78, 5) is 25.5. The van der Waals surface area contributed by atoms with Crippen molar-refractivity contribution in [3.63, 3.8) is 0 Å². The van der Waals surface area contributed by atoms with Crippen molar-refractivity contribution in [3.05, 3.63) is 95.6 Å². The molecule has 1 aliphatic rings. The number of rotatable bonds is 8. The van der Waals surface area contributed by atoms with Gasteiger partial charge in [0.15, 0.2) is 0 Å². The molecule has 0 spiro atoms. The van der Waals surface area contributed by atoms with Gasteiger partial charge < -0.3 is 20.1 Å². The minimum absolute atomic E-state index is 0.0549. The monoisotopic (exact) mass is 430 g/mol. The van der Waals surface area contributed by atoms with E-state index >= 15 is 0 Å². The van der Waals surface area contributed by atoms with Gasteiger partial charge in [-0.05, 0) is 48.7 Å². The van der Waals surface area contributed by atoms with Crippen molar-refractivity contribution >= 4 is 17.5 Å². The van der Waals surface area contributed by atoms with Crippen molar-refractivity contribution in [1.29, 1.82) is 0 Å². The van der Waals surface area contributed by atoms with Crippen LogP contribution in [0.2, 0.25) is 0 Å². The van der Waals surface area contributed by atoms with Crippen LogP contribution in [0.15, 0.2) is 78.9 Å². The number of nitrogens with one attached hydrogen (secondary N) is 2. The first kappa shape index (κ1) is 21.6. The van der Waals surface area contributed by atoms with Crippen LogP contribution in [-0.4, -0.2) is 31.1 Å². The zero-order valence-electron chi connectivity index (χ0n) is 17.8. The SMILES string of the molecule is O=C(Nc1ccccc1C(=O)NC[C@H]1CCCO1)c1cccc(OCc2ccccc2)c1. The summed E-state index contributed by atoms with van der Waals surface area (Å²) < 4.78 is 11.4. The number of anilines is 1. The highest BCUT2D eigenvalue weighted by molar-refractivity contribution is 6.09. The van der Waals surface area contributed by atoms with Crippen molar-refractivity contribution < 1.29 is 19.1 Å². The number of hydrogen-bond acceptors (Lipinski definition) is 4. The molecule has 1 fully saturated rings. The van der Waals surface area contributed by atoms with E-state index in [4.69, 9.17) is 9.47 Å². The molecule has 3 aromatic carbocycles. The summed E-state index contributed by atoms with van der Waals surface area (Å²) in [7, 11) is 0. The maximum absolute atomic E-state index is 12.9. The zero-order valence-corrected chi connectivity index (χ0v) is 17.8. The van der Waals surface area contributed by atoms with Crippen LogP contribution in [0.5, 0.6) is 5.75 Å². The lowest BCUT2D eigenvalue weighted by Gasteiger charge is -2.14. The highest BCUT2D eigenvalue weighted by atomic mass is 16.5. The van der Waals surface area contributed by atoms with Crippen LogP contribution in [0, 0.1) is 0 Å². The maximum Gasteiger partial charge on any atom is 0.255 e. The minimum atomic E-state index is -0.311. The molecule has 0 bridgehead atoms. The molecule has 0 unspecified atom stereocenters. The number of para-hydroxylation sites is 1. The average molecular weight is 431 g/mol. The Labute approximate surface area is 187 Å². The summed E-state index contributed by atoms with van der Waals surface area (Å²) in [6, 6.07) is 23.8. The lowest BCUT2D eigenvalue weighted by atomic mass is 10.1. The average Bonchev–Trinajstić information content (AvgIpc) is 3.36. The molecule has 6 nitrogen and oxygen atoms in total. The smallest absolute Gasteiger partial charge is 0.255 e. The van der Waals surface area contributed by atoms with Gasteiger partial charge in [0.2, 0.25) is 0 Å². The van der Waals surface area contributed by atoms with Crippen LogP contribution < -0.4 is 15.4 Å². The standard InChI is InChI=1S/C26H26N2O4/c29-25(20-10-6-11-21(16-20)32-18-19-8-2-1-3-9-19)28-24-14-5-4-13-23(24)26(30)27-17-22-12-7-15-31-22/h1-6,8-11,13-14,16,22H,7,12,15,17-18H2,(H,27,30)(H,28,29)/t22-/m1/s1. The van der Waals surface area contributed by atoms with E-state index in [9.17, 15) is 9.59 Å². The quantitative estimate of drug-likeness (QED) is 0.554. The molecule has 32 heavy (non-hydrogen) atoms. The molecule has 1 atom stereocenters. The van der Waals surface area contributed by atoms with Gasteiger partial charge in [0.1, 0.15) is 12.4 Å². The van der Waals surface area contributed by atoms with Gasteiger partial charge in [0.25, 0.3) is 11.8 Å². The number of benzene rings is 3. The van der Waals surface area contributed by atoms with Gasteiger partial charge in [-0.15, -0.1) is 0 Å². The van der Waals surface area contributed by atoms with Crippen molar-refractivity contribution in [1.82, 2.24) is 5.32 Å². The predicted octanol–water partition coefficient (Wildman–Crippen LogP) is 4.43. The number of hydrogen-bond donors (Lipinski definition) is 2. The molecule has 4 rings (SSSR count). The molecule has 164 valence electrons. The molecule has 3 aromatic rings. The molecular formula is C26H26N2O4. The van der Waals surface area contributed by atoms with Crippen LogP contribution in [0.3, 0.4) is 0 Å². The van der Waals surface area contributed by atoms with Gasteiger partial charge >= 0.3 is 0 Å². The van der Waals surface area contributed by atoms with Gasteiger partial charge in [-0.3, -0.25) is 9.59 Å². The predicted molar refractivity (Wildman–Crippen MR) is 123 cm³/mol. The van der Waals surface area contributed by atoms with Crippen LogP contribution in [0.1, 0.15) is 39.1 Å². The van der Waals surface area contributed by atoms with Gasteiger partial charge in [-0.2, -0.15) is 0 Å². The van der Waals surface area contributed by atoms with Crippen LogP contribution in [0.25, 0.3) is 0 Å². The molecule has 2 amide bonds. The van der Waals surface area contributed by atoms with Crippen LogP contribution in [-0.2, 0) is 11.3 Å². The highest BCUT2D eigenvalue weighted by Gasteiger charge is 2.19. The fourth-order valence-corrected chi connectivity index (χ4v) is 3.56. The third-order valence-corrected chi connectivity index (χ3v) is 5.28. The van der Waals surface area contributed by atoms with Crippen LogP contribution >= 0.6 is 0 Å². The topological polar surface area (TPSA) is 76.7 Å². The molecule has 2 N–H and O–H groups in total. The Balaban J connectivity index is 1.40. The number of amides is 2. The molecular weight excluding hydrogens is 404 g/mol. The molecule has 1 saturated heterocycles. The molecule has 0 aliphatic carbocycles. The Morgan fingerprint density at radius 3 is 2.56 bits per heavy atom. The van der Waals surface area contributed by atoms with E-state index in [0.29, 0.717) is 35.7 Å². The Hall–Kier alpha value is -3.64. The van der Waals surface area contributed by atoms with Crippen molar-refractivity contribution in [3.8, 4) is 5.75 Å². The first-order chi connectivity index (χ1) is 15.7. The molecule has 0 radical (unpaired) electrons. The second kappa shape index (κ2) is 10.6. The summed E-state index contributed by atoms with van der Waals surface area (Å²) >= 11 is 0. The van der Waals surface area contributed by atoms with E-state index in [0.717, 1.165) is 25.0 Å². The number of ether oxygens (including phenoxy) is 2. The number of carbonyl (C=O) groups is 2. The van der Waals surface area contributed by atoms with E-state index in [-0.39, 0.29) is 17.9 Å². The molecule has 6 heteroatoms. The fraction of sp³-hybridized carbons (Fsp3) is 0.231. The summed E-state index contributed by atoms with van der Waals surface area (Å²) in [6.45, 7) is 1.61. The largest absolute Gasteiger partial charge is 0.489 e. The summed E-state index contributed by atoms with van der Waals surface area (Å²) in [6.07, 6.45) is 2.02. The lowest BCUT2D eigenvalue weighted by molar-refractivity contribution is 0.0858. The Morgan fingerprint density at radius 2 is 1.75 bits per heavy atom. The van der Waals surface area contributed by atoms with Gasteiger partial charge in [0.05, 0.1) is 17.4 Å². The molecule has 0 saturated carbocycles. The Kier molecular flexibility index (Phi) is 7.15. The first-order valence-corrected chi connectivity index (χ1v) is 10.8. The van der Waals surface area contributed by atoms with Crippen molar-refractivity contribution in [2.45, 2.75) is 25.6 Å². The third-order valence-electron chi connectivity index (χ3n) is 5.28. The second-order valence-corrected chi connectivity index (χ2v) is 7.65. The van der Waals surface area contributed by atoms with E-state index in [1.54, 1.807) is 42.5 Å². The second-order valence-electron chi connectivity index (χ2n) is 7.65. The van der Waals surface area contributed by atoms with Gasteiger partial charge in [0, 0.05) is 18.7 Å². The third kappa shape index (κ3) is 5.74. The summed E-state index contributed by atoms with van der Waals surface area (Å²) in [5.41, 5.74) is 2.36. The highest BCUT2D eigenvalue weighted by Crippen LogP contribution is 2.20. The van der Waals surface area contributed by atoms with Gasteiger partial charge in [-0.25, -0.2) is 0 Å². The van der Waals surface area contributed by atoms with Crippen molar-refractivity contribution in [2.24, 2.45) is 0 Å². The van der Waals surface area contributed by atoms with E-state index in [2.05, 4.69) is 10.6 Å². The minimum Gasteiger partial charge on any atom is -0.489 e. The Bertz CT molecular complexity index is 1060. The number of carbonyl (C=O) groups excluding carboxylic acids is 2. The normalized spacial score (nSPS) is 15.2. The van der Waals surface area contributed by atoms with Gasteiger partial charge in [-0.1, -0.05) is 48.5 Å². The lowest BCUT2D eigenvalue weighted by Crippen LogP contribution is -2.32. The first-order valence-electron chi connectivity index (χ1n) is 10.8. The summed E-state index contributed by atoms with van der Waals surface area (Å²) in [5.74, 6) is 0.0509. The van der Waals surface area contributed by atoms with E-state index < -0.39 is 0 Å². The molecule has 1 heterocycles. The van der Waals surface area contributed by atoms with Crippen LogP contribution in [0.4, 0.5) is 5.69 Å². The van der Waals surface area contributed by atoms with Crippen molar-refractivity contribution in [2.75, 3.05) is 18.5 Å². The molecule has 1 aliphatic heterocycles. The van der Waals surface area contributed by atoms with E-state index in [1.807, 2.05) is 36.4 Å².